The van der Waals surface area contributed by atoms with Crippen LogP contribution in [0.25, 0.3) is 0 Å². The number of hydrogen-bond donors (Lipinski definition) is 2. The second-order valence-corrected chi connectivity index (χ2v) is 7.10. The number of benzene rings is 2. The van der Waals surface area contributed by atoms with Gasteiger partial charge in [0.25, 0.3) is 0 Å². The monoisotopic (exact) mass is 404 g/mol. The van der Waals surface area contributed by atoms with Crippen molar-refractivity contribution in [2.24, 2.45) is 0 Å². The zero-order valence-corrected chi connectivity index (χ0v) is 16.1. The number of carbonyl (C=O) groups excluding carboxylic acids is 2. The molecule has 1 fully saturated rings. The van der Waals surface area contributed by atoms with Crippen LogP contribution in [-0.2, 0) is 11.3 Å². The number of halogens is 2. The number of urea groups is 1. The predicted octanol–water partition coefficient (Wildman–Crippen LogP) is 2.95. The molecule has 1 aliphatic rings. The fraction of sp³-hybridized carbons (Fsp3) is 0.300. The summed E-state index contributed by atoms with van der Waals surface area (Å²) in [4.78, 5) is 28.2. The first-order valence-corrected chi connectivity index (χ1v) is 9.42. The van der Waals surface area contributed by atoms with Crippen molar-refractivity contribution in [1.82, 2.24) is 15.1 Å². The summed E-state index contributed by atoms with van der Waals surface area (Å²) >= 11 is 5.91. The van der Waals surface area contributed by atoms with Crippen LogP contribution in [0.4, 0.5) is 14.9 Å². The molecule has 0 atom stereocenters. The highest BCUT2D eigenvalue weighted by atomic mass is 35.5. The molecule has 1 aliphatic heterocycles. The van der Waals surface area contributed by atoms with E-state index < -0.39 is 17.8 Å². The maximum Gasteiger partial charge on any atom is 0.326 e. The van der Waals surface area contributed by atoms with Crippen LogP contribution in [0.2, 0.25) is 5.02 Å². The van der Waals surface area contributed by atoms with E-state index in [1.165, 1.54) is 23.8 Å². The average Bonchev–Trinajstić information content (AvgIpc) is 2.67. The minimum Gasteiger partial charge on any atom is -0.305 e. The van der Waals surface area contributed by atoms with E-state index in [1.54, 1.807) is 6.07 Å². The molecule has 3 amide bonds. The molecule has 0 aliphatic carbocycles. The molecule has 2 N–H and O–H groups in total. The van der Waals surface area contributed by atoms with Gasteiger partial charge in [-0.1, -0.05) is 35.9 Å². The third-order valence-corrected chi connectivity index (χ3v) is 4.78. The van der Waals surface area contributed by atoms with Gasteiger partial charge in [0, 0.05) is 37.7 Å². The van der Waals surface area contributed by atoms with Gasteiger partial charge in [-0.25, -0.2) is 9.18 Å². The van der Waals surface area contributed by atoms with E-state index in [2.05, 4.69) is 15.5 Å². The largest absolute Gasteiger partial charge is 0.326 e. The molecule has 28 heavy (non-hydrogen) atoms. The van der Waals surface area contributed by atoms with Crippen LogP contribution < -0.4 is 10.6 Å². The van der Waals surface area contributed by atoms with Gasteiger partial charge in [0.1, 0.15) is 5.82 Å². The van der Waals surface area contributed by atoms with E-state index in [0.29, 0.717) is 0 Å². The number of hydrogen-bond acceptors (Lipinski definition) is 4. The van der Waals surface area contributed by atoms with Crippen LogP contribution in [0.5, 0.6) is 0 Å². The number of anilines is 1. The standard InChI is InChI=1S/C20H22ClFN4O2/c21-16-7-5-15(6-8-16)13-25-9-11-26(12-10-25)14-19(27)24-20(28)23-18-4-2-1-3-17(18)22/h1-8H,9-14H2,(H2,23,24,27,28). The SMILES string of the molecule is O=C(CN1CCN(Cc2ccc(Cl)cc2)CC1)NC(=O)Nc1ccccc1F. The molecule has 3 rings (SSSR count). The lowest BCUT2D eigenvalue weighted by atomic mass is 10.2. The minimum absolute atomic E-state index is 0.0311. The van der Waals surface area contributed by atoms with Crippen LogP contribution in [-0.4, -0.2) is 54.5 Å². The molecule has 0 bridgehead atoms. The number of piperazine rings is 1. The summed E-state index contributed by atoms with van der Waals surface area (Å²) in [5.41, 5.74) is 1.23. The highest BCUT2D eigenvalue weighted by Crippen LogP contribution is 2.13. The molecule has 1 saturated heterocycles. The van der Waals surface area contributed by atoms with Crippen molar-refractivity contribution in [1.29, 1.82) is 0 Å². The highest BCUT2D eigenvalue weighted by molar-refractivity contribution is 6.30. The summed E-state index contributed by atoms with van der Waals surface area (Å²) in [5.74, 6) is -0.970. The summed E-state index contributed by atoms with van der Waals surface area (Å²) in [5, 5.41) is 5.29. The Bertz CT molecular complexity index is 823. The molecule has 0 aromatic heterocycles. The molecule has 0 spiro atoms. The third kappa shape index (κ3) is 6.02. The van der Waals surface area contributed by atoms with Crippen molar-refractivity contribution in [2.45, 2.75) is 6.54 Å². The molecule has 8 heteroatoms. The Kier molecular flexibility index (Phi) is 6.97. The molecule has 1 heterocycles. The second-order valence-electron chi connectivity index (χ2n) is 6.66. The fourth-order valence-corrected chi connectivity index (χ4v) is 3.16. The van der Waals surface area contributed by atoms with Crippen LogP contribution in [0.3, 0.4) is 0 Å². The normalized spacial score (nSPS) is 15.2. The maximum atomic E-state index is 13.5. The maximum absolute atomic E-state index is 13.5. The van der Waals surface area contributed by atoms with E-state index in [9.17, 15) is 14.0 Å². The molecular formula is C20H22ClFN4O2. The zero-order valence-electron chi connectivity index (χ0n) is 15.3. The Balaban J connectivity index is 1.39. The summed E-state index contributed by atoms with van der Waals surface area (Å²) in [6.45, 7) is 4.09. The summed E-state index contributed by atoms with van der Waals surface area (Å²) < 4.78 is 13.5. The van der Waals surface area contributed by atoms with Gasteiger partial charge in [-0.05, 0) is 29.8 Å². The number of carbonyl (C=O) groups is 2. The summed E-state index contributed by atoms with van der Waals surface area (Å²) in [7, 11) is 0. The van der Waals surface area contributed by atoms with Crippen molar-refractivity contribution >= 4 is 29.2 Å². The lowest BCUT2D eigenvalue weighted by Gasteiger charge is -2.34. The van der Waals surface area contributed by atoms with Gasteiger partial charge in [-0.3, -0.25) is 19.9 Å². The Morgan fingerprint density at radius 1 is 0.964 bits per heavy atom. The van der Waals surface area contributed by atoms with Crippen LogP contribution in [0, 0.1) is 5.82 Å². The molecule has 148 valence electrons. The van der Waals surface area contributed by atoms with Crippen molar-refractivity contribution in [2.75, 3.05) is 38.0 Å². The van der Waals surface area contributed by atoms with Gasteiger partial charge in [0.05, 0.1) is 12.2 Å². The molecule has 2 aromatic rings. The molecular weight excluding hydrogens is 383 g/mol. The van der Waals surface area contributed by atoms with E-state index in [4.69, 9.17) is 11.6 Å². The van der Waals surface area contributed by atoms with E-state index >= 15 is 0 Å². The molecule has 0 saturated carbocycles. The smallest absolute Gasteiger partial charge is 0.305 e. The first-order valence-electron chi connectivity index (χ1n) is 9.04. The van der Waals surface area contributed by atoms with E-state index in [-0.39, 0.29) is 12.2 Å². The molecule has 0 radical (unpaired) electrons. The predicted molar refractivity (Wildman–Crippen MR) is 107 cm³/mol. The van der Waals surface area contributed by atoms with Gasteiger partial charge in [0.2, 0.25) is 5.91 Å². The number of amides is 3. The number of nitrogens with zero attached hydrogens (tertiary/aromatic N) is 2. The molecule has 0 unspecified atom stereocenters. The topological polar surface area (TPSA) is 64.7 Å². The minimum atomic E-state index is -0.739. The lowest BCUT2D eigenvalue weighted by molar-refractivity contribution is -0.121. The number of para-hydroxylation sites is 1. The Morgan fingerprint density at radius 3 is 2.29 bits per heavy atom. The van der Waals surface area contributed by atoms with Gasteiger partial charge in [-0.15, -0.1) is 0 Å². The summed E-state index contributed by atoms with van der Waals surface area (Å²) in [6.07, 6.45) is 0. The number of rotatable bonds is 5. The van der Waals surface area contributed by atoms with E-state index in [1.807, 2.05) is 29.2 Å². The first kappa shape index (κ1) is 20.3. The second kappa shape index (κ2) is 9.64. The van der Waals surface area contributed by atoms with Crippen molar-refractivity contribution in [3.05, 3.63) is 64.9 Å². The average molecular weight is 405 g/mol. The molecule has 6 nitrogen and oxygen atoms in total. The van der Waals surface area contributed by atoms with Crippen LogP contribution >= 0.6 is 11.6 Å². The van der Waals surface area contributed by atoms with Crippen LogP contribution in [0.1, 0.15) is 5.56 Å². The van der Waals surface area contributed by atoms with Gasteiger partial charge < -0.3 is 5.32 Å². The Labute approximate surface area is 168 Å². The van der Waals surface area contributed by atoms with Gasteiger partial charge in [0.15, 0.2) is 0 Å². The van der Waals surface area contributed by atoms with Crippen molar-refractivity contribution in [3.8, 4) is 0 Å². The van der Waals surface area contributed by atoms with Crippen molar-refractivity contribution in [3.63, 3.8) is 0 Å². The number of nitrogens with one attached hydrogen (secondary N) is 2. The van der Waals surface area contributed by atoms with Gasteiger partial charge >= 0.3 is 6.03 Å². The van der Waals surface area contributed by atoms with Crippen molar-refractivity contribution < 1.29 is 14.0 Å². The first-order chi connectivity index (χ1) is 13.5. The van der Waals surface area contributed by atoms with Crippen LogP contribution in [0.15, 0.2) is 48.5 Å². The quantitative estimate of drug-likeness (QED) is 0.804. The third-order valence-electron chi connectivity index (χ3n) is 4.53. The number of imide groups is 1. The molecule has 2 aromatic carbocycles. The van der Waals surface area contributed by atoms with E-state index in [0.717, 1.165) is 37.7 Å². The zero-order chi connectivity index (χ0) is 19.9. The van der Waals surface area contributed by atoms with Gasteiger partial charge in [-0.2, -0.15) is 0 Å². The lowest BCUT2D eigenvalue weighted by Crippen LogP contribution is -2.50. The highest BCUT2D eigenvalue weighted by Gasteiger charge is 2.20. The fourth-order valence-electron chi connectivity index (χ4n) is 3.04. The Morgan fingerprint density at radius 2 is 1.61 bits per heavy atom. The Hall–Kier alpha value is -2.48. The summed E-state index contributed by atoms with van der Waals surface area (Å²) in [6, 6.07) is 12.8.